The van der Waals surface area contributed by atoms with E-state index in [1.807, 2.05) is 57.2 Å². The minimum absolute atomic E-state index is 0.0268. The van der Waals surface area contributed by atoms with Gasteiger partial charge in [-0.25, -0.2) is 9.37 Å². The van der Waals surface area contributed by atoms with Crippen LogP contribution in [0, 0.1) is 13.8 Å². The molecule has 0 fully saturated rings. The fraction of sp³-hybridized carbons (Fsp3) is 0.265. The average Bonchev–Trinajstić information content (AvgIpc) is 3.59. The third-order valence-electron chi connectivity index (χ3n) is 7.61. The number of fused-ring (bicyclic) bond motifs is 2. The van der Waals surface area contributed by atoms with Crippen molar-refractivity contribution in [3.63, 3.8) is 0 Å². The number of benzene rings is 1. The number of alkyl halides is 1. The average molecular weight is 608 g/mol. The molecule has 11 heteroatoms. The zero-order valence-electron chi connectivity index (χ0n) is 26.0. The molecule has 10 nitrogen and oxygen atoms in total. The predicted octanol–water partition coefficient (Wildman–Crippen LogP) is 6.25. The number of hydrogen-bond donors (Lipinski definition) is 2. The minimum Gasteiger partial charge on any atom is -0.438 e. The molecule has 0 saturated carbocycles. The molecule has 0 aliphatic rings. The Balaban J connectivity index is 1.70. The van der Waals surface area contributed by atoms with Crippen molar-refractivity contribution in [2.24, 2.45) is 7.05 Å². The molecule has 0 saturated heterocycles. The Morgan fingerprint density at radius 3 is 2.47 bits per heavy atom. The Morgan fingerprint density at radius 2 is 1.80 bits per heavy atom. The van der Waals surface area contributed by atoms with Gasteiger partial charge < -0.3 is 19.6 Å². The number of amides is 1. The van der Waals surface area contributed by atoms with Gasteiger partial charge in [-0.05, 0) is 70.0 Å². The van der Waals surface area contributed by atoms with Crippen molar-refractivity contribution in [3.05, 3.63) is 88.2 Å². The van der Waals surface area contributed by atoms with Crippen LogP contribution >= 0.6 is 0 Å². The zero-order chi connectivity index (χ0) is 32.0. The number of halogens is 1. The second-order valence-corrected chi connectivity index (χ2v) is 11.8. The number of pyridine rings is 3. The van der Waals surface area contributed by atoms with Crippen LogP contribution in [0.4, 0.5) is 4.39 Å². The minimum atomic E-state index is -1.58. The van der Waals surface area contributed by atoms with Crippen LogP contribution in [0.5, 0.6) is 11.6 Å². The van der Waals surface area contributed by atoms with Gasteiger partial charge in [0.2, 0.25) is 5.88 Å². The number of hydrogen-bond acceptors (Lipinski definition) is 6. The molecule has 6 rings (SSSR count). The quantitative estimate of drug-likeness (QED) is 0.211. The molecule has 5 heterocycles. The first-order chi connectivity index (χ1) is 21.4. The number of nitrogens with one attached hydrogen (secondary N) is 2. The fourth-order valence-electron chi connectivity index (χ4n) is 5.51. The van der Waals surface area contributed by atoms with E-state index in [1.54, 1.807) is 36.4 Å². The highest BCUT2D eigenvalue weighted by atomic mass is 19.1. The third kappa shape index (κ3) is 5.57. The summed E-state index contributed by atoms with van der Waals surface area (Å²) in [5, 5.41) is 8.12. The lowest BCUT2D eigenvalue weighted by molar-refractivity contribution is 0.0951. The van der Waals surface area contributed by atoms with E-state index in [1.165, 1.54) is 18.4 Å². The van der Waals surface area contributed by atoms with E-state index < -0.39 is 5.67 Å². The van der Waals surface area contributed by atoms with E-state index >= 15 is 4.39 Å². The number of rotatable bonds is 8. The zero-order valence-corrected chi connectivity index (χ0v) is 26.0. The van der Waals surface area contributed by atoms with Crippen LogP contribution in [-0.2, 0) is 13.6 Å². The number of carbonyl (C=O) groups is 1. The van der Waals surface area contributed by atoms with Crippen molar-refractivity contribution in [3.8, 4) is 34.0 Å². The summed E-state index contributed by atoms with van der Waals surface area (Å²) in [4.78, 5) is 38.2. The van der Waals surface area contributed by atoms with Crippen molar-refractivity contribution >= 4 is 27.8 Å². The highest BCUT2D eigenvalue weighted by Crippen LogP contribution is 2.41. The van der Waals surface area contributed by atoms with Gasteiger partial charge in [0.05, 0.1) is 12.1 Å². The molecule has 0 aliphatic carbocycles. The van der Waals surface area contributed by atoms with Crippen LogP contribution in [0.3, 0.4) is 0 Å². The lowest BCUT2D eigenvalue weighted by atomic mass is 10.0. The van der Waals surface area contributed by atoms with E-state index in [0.717, 1.165) is 16.7 Å². The summed E-state index contributed by atoms with van der Waals surface area (Å²) in [6, 6.07) is 13.1. The normalized spacial score (nSPS) is 11.8. The summed E-state index contributed by atoms with van der Waals surface area (Å²) in [6.07, 6.45) is 5.03. The van der Waals surface area contributed by atoms with Crippen molar-refractivity contribution in [1.82, 2.24) is 34.6 Å². The van der Waals surface area contributed by atoms with Crippen LogP contribution in [0.2, 0.25) is 0 Å². The fourth-order valence-corrected chi connectivity index (χ4v) is 5.51. The van der Waals surface area contributed by atoms with Gasteiger partial charge in [-0.3, -0.25) is 19.3 Å². The Kier molecular flexibility index (Phi) is 7.47. The topological polar surface area (TPSA) is 120 Å². The van der Waals surface area contributed by atoms with Crippen molar-refractivity contribution in [1.29, 1.82) is 0 Å². The van der Waals surface area contributed by atoms with Gasteiger partial charge in [0.1, 0.15) is 33.8 Å². The van der Waals surface area contributed by atoms with Crippen LogP contribution in [0.25, 0.3) is 44.3 Å². The van der Waals surface area contributed by atoms with Crippen molar-refractivity contribution in [2.45, 2.75) is 46.8 Å². The Labute approximate surface area is 258 Å². The molecular weight excluding hydrogens is 573 g/mol. The largest absolute Gasteiger partial charge is 0.438 e. The molecule has 1 amide bonds. The molecule has 0 unspecified atom stereocenters. The van der Waals surface area contributed by atoms with Gasteiger partial charge in [-0.15, -0.1) is 0 Å². The van der Waals surface area contributed by atoms with Gasteiger partial charge in [0.25, 0.3) is 11.5 Å². The molecule has 5 aromatic heterocycles. The summed E-state index contributed by atoms with van der Waals surface area (Å²) < 4.78 is 24.8. The number of aromatic nitrogens is 6. The van der Waals surface area contributed by atoms with Crippen LogP contribution in [-0.4, -0.2) is 47.4 Å². The van der Waals surface area contributed by atoms with Crippen LogP contribution in [0.1, 0.15) is 42.4 Å². The number of carbonyl (C=O) groups excluding carboxylic acids is 1. The Hall–Kier alpha value is -5.32. The predicted molar refractivity (Wildman–Crippen MR) is 172 cm³/mol. The standard InChI is InChI=1S/C34H34FN7O3/c1-7-37-31(43)25-15-22-24(17-41(6)33(44)28(22)38-25)23-16-26-29(39-32(23)45-30-19(2)9-8-10-20(30)3)27(21-11-13-36-14-12-21)40-42(26)18-34(4,5)35/h8-17,38H,7,18H2,1-6H3,(H,37,43). The van der Waals surface area contributed by atoms with Crippen molar-refractivity contribution in [2.75, 3.05) is 6.54 Å². The van der Waals surface area contributed by atoms with E-state index in [9.17, 15) is 9.59 Å². The maximum Gasteiger partial charge on any atom is 0.274 e. The second-order valence-electron chi connectivity index (χ2n) is 11.8. The van der Waals surface area contributed by atoms with E-state index in [4.69, 9.17) is 14.8 Å². The second kappa shape index (κ2) is 11.3. The van der Waals surface area contributed by atoms with Gasteiger partial charge >= 0.3 is 0 Å². The Bertz CT molecular complexity index is 2120. The molecule has 0 radical (unpaired) electrons. The third-order valence-corrected chi connectivity index (χ3v) is 7.61. The van der Waals surface area contributed by atoms with Gasteiger partial charge in [-0.1, -0.05) is 18.2 Å². The number of para-hydroxylation sites is 1. The Morgan fingerprint density at radius 1 is 1.09 bits per heavy atom. The number of H-pyrrole nitrogens is 1. The van der Waals surface area contributed by atoms with Gasteiger partial charge in [-0.2, -0.15) is 5.10 Å². The lowest BCUT2D eigenvalue weighted by Gasteiger charge is -2.17. The summed E-state index contributed by atoms with van der Waals surface area (Å²) >= 11 is 0. The molecule has 0 bridgehead atoms. The highest BCUT2D eigenvalue weighted by Gasteiger charge is 2.26. The molecule has 0 aliphatic heterocycles. The molecule has 230 valence electrons. The molecule has 1 aromatic carbocycles. The summed E-state index contributed by atoms with van der Waals surface area (Å²) in [5.74, 6) is 0.592. The van der Waals surface area contributed by atoms with E-state index in [2.05, 4.69) is 15.3 Å². The maximum atomic E-state index is 15.1. The molecule has 0 atom stereocenters. The summed E-state index contributed by atoms with van der Waals surface area (Å²) in [7, 11) is 1.65. The molecule has 45 heavy (non-hydrogen) atoms. The van der Waals surface area contributed by atoms with E-state index in [-0.39, 0.29) is 35.1 Å². The monoisotopic (exact) mass is 607 g/mol. The van der Waals surface area contributed by atoms with E-state index in [0.29, 0.717) is 45.5 Å². The molecule has 2 N–H and O–H groups in total. The number of ether oxygens (including phenoxy) is 1. The first-order valence-electron chi connectivity index (χ1n) is 14.7. The van der Waals surface area contributed by atoms with Gasteiger partial charge in [0.15, 0.2) is 0 Å². The molecule has 6 aromatic rings. The smallest absolute Gasteiger partial charge is 0.274 e. The number of aromatic amines is 1. The lowest BCUT2D eigenvalue weighted by Crippen LogP contribution is -2.23. The van der Waals surface area contributed by atoms with Crippen molar-refractivity contribution < 1.29 is 13.9 Å². The SMILES string of the molecule is CCNC(=O)c1cc2c(-c3cc4c(nc3Oc3c(C)cccc3C)c(-c3ccncc3)nn4CC(C)(C)F)cn(C)c(=O)c2[nH]1. The molecule has 0 spiro atoms. The first-order valence-corrected chi connectivity index (χ1v) is 14.7. The highest BCUT2D eigenvalue weighted by molar-refractivity contribution is 6.04. The summed E-state index contributed by atoms with van der Waals surface area (Å²) in [6.45, 7) is 9.14. The van der Waals surface area contributed by atoms with Crippen LogP contribution in [0.15, 0.2) is 65.8 Å². The summed E-state index contributed by atoms with van der Waals surface area (Å²) in [5.41, 5.74) is 4.07. The molecular formula is C34H34FN7O3. The van der Waals surface area contributed by atoms with Crippen LogP contribution < -0.4 is 15.6 Å². The first kappa shape index (κ1) is 29.7. The number of nitrogens with zero attached hydrogens (tertiary/aromatic N) is 5. The number of aryl methyl sites for hydroxylation is 3. The van der Waals surface area contributed by atoms with Gasteiger partial charge in [0, 0.05) is 54.3 Å². The maximum absolute atomic E-state index is 15.1.